The largest absolute Gasteiger partial charge is 0.309 e. The highest BCUT2D eigenvalue weighted by molar-refractivity contribution is 6.55. The lowest BCUT2D eigenvalue weighted by atomic mass is 10.5. The molecule has 0 N–H and O–H groups in total. The Bertz CT molecular complexity index is 53.9. The van der Waals surface area contributed by atoms with Crippen LogP contribution in [0.15, 0.2) is 0 Å². The van der Waals surface area contributed by atoms with Crippen LogP contribution in [0.25, 0.3) is 0 Å². The molecule has 0 bridgehead atoms. The fraction of sp³-hybridized carbons (Fsp3) is 1.00. The van der Waals surface area contributed by atoms with Crippen LogP contribution in [0, 0.1) is 0 Å². The average molecular weight is 145 g/mol. The molecule has 0 aliphatic rings. The zero-order chi connectivity index (χ0) is 7.28. The monoisotopic (exact) mass is 145 g/mol. The summed E-state index contributed by atoms with van der Waals surface area (Å²) >= 11 is 0. The average Bonchev–Trinajstić information content (AvgIpc) is 1.63. The Morgan fingerprint density at radius 2 is 1.78 bits per heavy atom. The molecule has 2 heteroatoms. The maximum absolute atomic E-state index is 2.41. The van der Waals surface area contributed by atoms with E-state index >= 15 is 0 Å². The first-order valence-electron chi connectivity index (χ1n) is 3.77. The van der Waals surface area contributed by atoms with E-state index in [1.807, 2.05) is 0 Å². The van der Waals surface area contributed by atoms with E-state index < -0.39 is 0 Å². The van der Waals surface area contributed by atoms with Gasteiger partial charge in [0.15, 0.2) is 0 Å². The van der Waals surface area contributed by atoms with Crippen LogP contribution in [0.1, 0.15) is 6.42 Å². The van der Waals surface area contributed by atoms with Crippen LogP contribution in [0.3, 0.4) is 0 Å². The first-order valence-corrected chi connectivity index (χ1v) is 6.90. The molecule has 9 heavy (non-hydrogen) atoms. The first-order chi connectivity index (χ1) is 4.13. The molecular formula is C7H19NSi. The topological polar surface area (TPSA) is 3.24 Å². The zero-order valence-electron chi connectivity index (χ0n) is 7.15. The van der Waals surface area contributed by atoms with Gasteiger partial charge in [-0.1, -0.05) is 19.1 Å². The molecule has 0 saturated carbocycles. The molecule has 0 spiro atoms. The Hall–Kier alpha value is 0.177. The molecule has 56 valence electrons. The number of hydrogen-bond donors (Lipinski definition) is 0. The van der Waals surface area contributed by atoms with Gasteiger partial charge < -0.3 is 4.90 Å². The maximum atomic E-state index is 2.41. The molecular weight excluding hydrogens is 126 g/mol. The van der Waals surface area contributed by atoms with E-state index in [9.17, 15) is 0 Å². The lowest BCUT2D eigenvalue weighted by molar-refractivity contribution is 0.408. The lowest BCUT2D eigenvalue weighted by Crippen LogP contribution is -2.14. The highest BCUT2D eigenvalue weighted by Crippen LogP contribution is 1.96. The molecule has 0 heterocycles. The Kier molecular flexibility index (Phi) is 5.10. The van der Waals surface area contributed by atoms with E-state index in [1.54, 1.807) is 0 Å². The fourth-order valence-corrected chi connectivity index (χ4v) is 1.81. The number of hydrogen-bond acceptors (Lipinski definition) is 1. The van der Waals surface area contributed by atoms with Gasteiger partial charge in [-0.2, -0.15) is 0 Å². The van der Waals surface area contributed by atoms with Crippen molar-refractivity contribution in [2.45, 2.75) is 25.6 Å². The SMILES string of the molecule is CN(C)CCC[SiH](C)C. The second-order valence-corrected chi connectivity index (χ2v) is 6.70. The molecule has 0 saturated heterocycles. The molecule has 0 aliphatic heterocycles. The van der Waals surface area contributed by atoms with Gasteiger partial charge in [0.25, 0.3) is 0 Å². The molecule has 0 aliphatic carbocycles. The molecule has 0 aromatic rings. The van der Waals surface area contributed by atoms with Crippen molar-refractivity contribution >= 4 is 8.80 Å². The van der Waals surface area contributed by atoms with Gasteiger partial charge in [0, 0.05) is 8.80 Å². The standard InChI is InChI=1S/C7H19NSi/c1-8(2)6-5-7-9(3)4/h9H,5-7H2,1-4H3. The van der Waals surface area contributed by atoms with Crippen LogP contribution in [0.5, 0.6) is 0 Å². The highest BCUT2D eigenvalue weighted by Gasteiger charge is 1.95. The summed E-state index contributed by atoms with van der Waals surface area (Å²) in [5.41, 5.74) is 0. The summed E-state index contributed by atoms with van der Waals surface area (Å²) < 4.78 is 0. The van der Waals surface area contributed by atoms with Crippen molar-refractivity contribution in [1.29, 1.82) is 0 Å². The fourth-order valence-electron chi connectivity index (χ4n) is 0.816. The summed E-state index contributed by atoms with van der Waals surface area (Å²) in [6, 6.07) is 1.50. The second kappa shape index (κ2) is 5.00. The predicted octanol–water partition coefficient (Wildman–Crippen LogP) is 1.42. The van der Waals surface area contributed by atoms with Gasteiger partial charge in [-0.25, -0.2) is 0 Å². The summed E-state index contributed by atoms with van der Waals surface area (Å²) in [5, 5.41) is 0. The van der Waals surface area contributed by atoms with Gasteiger partial charge in [0.2, 0.25) is 0 Å². The molecule has 0 aromatic heterocycles. The van der Waals surface area contributed by atoms with E-state index in [2.05, 4.69) is 32.1 Å². The second-order valence-electron chi connectivity index (χ2n) is 3.34. The van der Waals surface area contributed by atoms with Crippen molar-refractivity contribution in [2.24, 2.45) is 0 Å². The van der Waals surface area contributed by atoms with Crippen LogP contribution in [0.4, 0.5) is 0 Å². The molecule has 0 radical (unpaired) electrons. The molecule has 0 amide bonds. The van der Waals surface area contributed by atoms with Crippen LogP contribution in [-0.4, -0.2) is 34.3 Å². The Morgan fingerprint density at radius 1 is 1.22 bits per heavy atom. The minimum atomic E-state index is -0.256. The third-order valence-corrected chi connectivity index (χ3v) is 2.95. The smallest absolute Gasteiger partial charge is 0.0306 e. The molecule has 0 atom stereocenters. The minimum absolute atomic E-state index is 0.256. The van der Waals surface area contributed by atoms with E-state index in [-0.39, 0.29) is 8.80 Å². The summed E-state index contributed by atoms with van der Waals surface area (Å²) in [5.74, 6) is 0. The summed E-state index contributed by atoms with van der Waals surface area (Å²) in [6.45, 7) is 6.09. The van der Waals surface area contributed by atoms with E-state index in [0.717, 1.165) is 0 Å². The number of nitrogens with zero attached hydrogens (tertiary/aromatic N) is 1. The third kappa shape index (κ3) is 8.18. The number of rotatable bonds is 4. The summed E-state index contributed by atoms with van der Waals surface area (Å²) in [4.78, 5) is 2.26. The van der Waals surface area contributed by atoms with Crippen LogP contribution >= 0.6 is 0 Å². The van der Waals surface area contributed by atoms with Crippen molar-refractivity contribution in [3.63, 3.8) is 0 Å². The van der Waals surface area contributed by atoms with Crippen molar-refractivity contribution in [2.75, 3.05) is 20.6 Å². The Labute approximate surface area is 60.7 Å². The zero-order valence-corrected chi connectivity index (χ0v) is 8.30. The molecule has 0 rings (SSSR count). The maximum Gasteiger partial charge on any atom is 0.0306 e. The van der Waals surface area contributed by atoms with Crippen molar-refractivity contribution < 1.29 is 0 Å². The minimum Gasteiger partial charge on any atom is -0.309 e. The summed E-state index contributed by atoms with van der Waals surface area (Å²) in [7, 11) is 4.03. The van der Waals surface area contributed by atoms with Crippen molar-refractivity contribution in [1.82, 2.24) is 4.90 Å². The highest BCUT2D eigenvalue weighted by atomic mass is 28.3. The molecule has 0 aromatic carbocycles. The van der Waals surface area contributed by atoms with Crippen LogP contribution < -0.4 is 0 Å². The van der Waals surface area contributed by atoms with Gasteiger partial charge in [0.1, 0.15) is 0 Å². The van der Waals surface area contributed by atoms with Gasteiger partial charge >= 0.3 is 0 Å². The lowest BCUT2D eigenvalue weighted by Gasteiger charge is -2.09. The van der Waals surface area contributed by atoms with Crippen molar-refractivity contribution in [3.05, 3.63) is 0 Å². The molecule has 0 fully saturated rings. The van der Waals surface area contributed by atoms with Crippen LogP contribution in [-0.2, 0) is 0 Å². The van der Waals surface area contributed by atoms with Gasteiger partial charge in [-0.3, -0.25) is 0 Å². The Balaban J connectivity index is 2.91. The van der Waals surface area contributed by atoms with E-state index in [0.29, 0.717) is 0 Å². The van der Waals surface area contributed by atoms with Crippen LogP contribution in [0.2, 0.25) is 19.1 Å². The Morgan fingerprint density at radius 3 is 2.11 bits per heavy atom. The van der Waals surface area contributed by atoms with Gasteiger partial charge in [-0.15, -0.1) is 0 Å². The van der Waals surface area contributed by atoms with Gasteiger partial charge in [0.05, 0.1) is 0 Å². The quantitative estimate of drug-likeness (QED) is 0.541. The molecule has 1 nitrogen and oxygen atoms in total. The summed E-state index contributed by atoms with van der Waals surface area (Å²) in [6.07, 6.45) is 1.40. The predicted molar refractivity (Wildman–Crippen MR) is 46.9 cm³/mol. The van der Waals surface area contributed by atoms with Gasteiger partial charge in [-0.05, 0) is 27.1 Å². The first kappa shape index (κ1) is 9.18. The molecule has 0 unspecified atom stereocenters. The third-order valence-electron chi connectivity index (χ3n) is 1.39. The van der Waals surface area contributed by atoms with Crippen molar-refractivity contribution in [3.8, 4) is 0 Å². The van der Waals surface area contributed by atoms with E-state index in [4.69, 9.17) is 0 Å². The van der Waals surface area contributed by atoms with E-state index in [1.165, 1.54) is 19.0 Å². The normalized spacial score (nSPS) is 11.3.